The molecule has 0 saturated carbocycles. The van der Waals surface area contributed by atoms with Crippen LogP contribution in [0, 0.1) is 0 Å². The smallest absolute Gasteiger partial charge is 0.335 e. The maximum atomic E-state index is 11.2. The highest BCUT2D eigenvalue weighted by Gasteiger charge is 2.16. The molecule has 1 aliphatic rings. The van der Waals surface area contributed by atoms with Crippen LogP contribution < -0.4 is 0 Å². The van der Waals surface area contributed by atoms with Gasteiger partial charge in [-0.25, -0.2) is 4.79 Å². The van der Waals surface area contributed by atoms with Gasteiger partial charge in [0.05, 0.1) is 16.8 Å². The number of benzene rings is 3. The number of nitrogens with zero attached hydrogens (tertiary/aromatic N) is 1. The van der Waals surface area contributed by atoms with E-state index < -0.39 is 5.97 Å². The minimum atomic E-state index is -0.909. The van der Waals surface area contributed by atoms with Crippen LogP contribution in [0.4, 0.5) is 0 Å². The Kier molecular flexibility index (Phi) is 3.87. The monoisotopic (exact) mass is 365 g/mol. The number of carboxylic acid groups (broad SMARTS) is 1. The lowest BCUT2D eigenvalue weighted by Gasteiger charge is -2.14. The number of aromatic nitrogens is 1. The summed E-state index contributed by atoms with van der Waals surface area (Å²) >= 11 is 0. The van der Waals surface area contributed by atoms with Crippen LogP contribution in [0.3, 0.4) is 0 Å². The molecule has 1 N–H and O–H groups in total. The summed E-state index contributed by atoms with van der Waals surface area (Å²) in [4.78, 5) is 11.2. The fraction of sp³-hybridized carbons (Fsp3) is 0.0800. The zero-order valence-electron chi connectivity index (χ0n) is 15.3. The van der Waals surface area contributed by atoms with Gasteiger partial charge in [-0.2, -0.15) is 0 Å². The lowest BCUT2D eigenvalue weighted by molar-refractivity contribution is 0.0697. The van der Waals surface area contributed by atoms with Crippen molar-refractivity contribution in [1.29, 1.82) is 0 Å². The summed E-state index contributed by atoms with van der Waals surface area (Å²) in [5.41, 5.74) is 4.71. The third-order valence-corrected chi connectivity index (χ3v) is 5.37. The van der Waals surface area contributed by atoms with Crippen molar-refractivity contribution in [3.8, 4) is 5.69 Å². The molecule has 3 heteroatoms. The molecule has 1 aromatic heterocycles. The van der Waals surface area contributed by atoms with Crippen molar-refractivity contribution in [3.05, 3.63) is 96.2 Å². The second kappa shape index (κ2) is 6.54. The molecule has 3 aromatic carbocycles. The minimum Gasteiger partial charge on any atom is -0.478 e. The molecular weight excluding hydrogens is 346 g/mol. The number of hydrogen-bond acceptors (Lipinski definition) is 1. The van der Waals surface area contributed by atoms with Gasteiger partial charge in [-0.1, -0.05) is 48.6 Å². The van der Waals surface area contributed by atoms with Crippen molar-refractivity contribution in [2.75, 3.05) is 0 Å². The largest absolute Gasteiger partial charge is 0.478 e. The van der Waals surface area contributed by atoms with Gasteiger partial charge < -0.3 is 9.67 Å². The molecule has 28 heavy (non-hydrogen) atoms. The highest BCUT2D eigenvalue weighted by atomic mass is 16.4. The van der Waals surface area contributed by atoms with Crippen LogP contribution in [0.1, 0.15) is 28.9 Å². The molecule has 5 rings (SSSR count). The average molecular weight is 365 g/mol. The summed E-state index contributed by atoms with van der Waals surface area (Å²) in [5.74, 6) is -0.909. The lowest BCUT2D eigenvalue weighted by atomic mass is 10.0. The van der Waals surface area contributed by atoms with E-state index in [1.54, 1.807) is 12.1 Å². The molecule has 0 spiro atoms. The Labute approximate surface area is 162 Å². The third kappa shape index (κ3) is 2.64. The molecule has 136 valence electrons. The van der Waals surface area contributed by atoms with E-state index in [0.717, 1.165) is 29.7 Å². The predicted octanol–water partition coefficient (Wildman–Crippen LogP) is 6.22. The summed E-state index contributed by atoms with van der Waals surface area (Å²) in [6.45, 7) is 0. The van der Waals surface area contributed by atoms with E-state index in [0.29, 0.717) is 5.56 Å². The molecular formula is C25H19NO2. The standard InChI is InChI=1S/C25H19NO2/c27-25(28)19-10-13-20(14-11-19)26-23-15-12-17-6-4-5-9-21(17)22(23)16-24(26)18-7-2-1-3-8-18/h2,4-16H,1,3H2,(H,27,28). The van der Waals surface area contributed by atoms with Gasteiger partial charge in [-0.3, -0.25) is 0 Å². The first-order chi connectivity index (χ1) is 13.7. The number of carbonyl (C=O) groups is 1. The Hall–Kier alpha value is -3.59. The average Bonchev–Trinajstić information content (AvgIpc) is 3.14. The van der Waals surface area contributed by atoms with Gasteiger partial charge in [0.25, 0.3) is 0 Å². The van der Waals surface area contributed by atoms with E-state index in [1.165, 1.54) is 21.7 Å². The van der Waals surface area contributed by atoms with Crippen molar-refractivity contribution >= 4 is 33.2 Å². The van der Waals surface area contributed by atoms with E-state index in [-0.39, 0.29) is 0 Å². The van der Waals surface area contributed by atoms with Gasteiger partial charge in [-0.15, -0.1) is 0 Å². The van der Waals surface area contributed by atoms with Crippen LogP contribution in [0.25, 0.3) is 32.9 Å². The van der Waals surface area contributed by atoms with Crippen LogP contribution in [0.5, 0.6) is 0 Å². The van der Waals surface area contributed by atoms with Gasteiger partial charge >= 0.3 is 5.97 Å². The van der Waals surface area contributed by atoms with Gasteiger partial charge in [-0.05, 0) is 65.6 Å². The Morgan fingerprint density at radius 3 is 2.46 bits per heavy atom. The lowest BCUT2D eigenvalue weighted by Crippen LogP contribution is -2.01. The van der Waals surface area contributed by atoms with E-state index >= 15 is 0 Å². The van der Waals surface area contributed by atoms with E-state index in [2.05, 4.69) is 65.3 Å². The van der Waals surface area contributed by atoms with Crippen molar-refractivity contribution in [2.24, 2.45) is 0 Å². The van der Waals surface area contributed by atoms with Crippen LogP contribution in [0.2, 0.25) is 0 Å². The molecule has 4 aromatic rings. The fourth-order valence-corrected chi connectivity index (χ4v) is 4.01. The first-order valence-electron chi connectivity index (χ1n) is 9.46. The zero-order valence-corrected chi connectivity index (χ0v) is 15.3. The zero-order chi connectivity index (χ0) is 19.1. The van der Waals surface area contributed by atoms with Crippen molar-refractivity contribution in [2.45, 2.75) is 12.8 Å². The second-order valence-corrected chi connectivity index (χ2v) is 7.08. The van der Waals surface area contributed by atoms with Crippen LogP contribution in [-0.4, -0.2) is 15.6 Å². The van der Waals surface area contributed by atoms with Crippen LogP contribution in [-0.2, 0) is 0 Å². The molecule has 0 atom stereocenters. The minimum absolute atomic E-state index is 0.295. The first kappa shape index (κ1) is 16.6. The molecule has 0 aliphatic heterocycles. The SMILES string of the molecule is O=C(O)c1ccc(-n2c(C3=CCCC=C3)cc3c4ccccc4ccc32)cc1. The molecule has 0 saturated heterocycles. The maximum Gasteiger partial charge on any atom is 0.335 e. The van der Waals surface area contributed by atoms with E-state index in [9.17, 15) is 9.90 Å². The number of hydrogen-bond donors (Lipinski definition) is 1. The Bertz CT molecular complexity index is 1270. The van der Waals surface area contributed by atoms with Crippen LogP contribution in [0.15, 0.2) is 85.0 Å². The quantitative estimate of drug-likeness (QED) is 0.468. The van der Waals surface area contributed by atoms with Crippen molar-refractivity contribution in [1.82, 2.24) is 4.57 Å². The summed E-state index contributed by atoms with van der Waals surface area (Å²) in [6.07, 6.45) is 8.77. The molecule has 0 amide bonds. The fourth-order valence-electron chi connectivity index (χ4n) is 4.01. The van der Waals surface area contributed by atoms with E-state index in [4.69, 9.17) is 0 Å². The molecule has 0 unspecified atom stereocenters. The van der Waals surface area contributed by atoms with Gasteiger partial charge in [0, 0.05) is 11.1 Å². The molecule has 0 bridgehead atoms. The summed E-state index contributed by atoms with van der Waals surface area (Å²) in [6, 6.07) is 22.1. The number of allylic oxidation sites excluding steroid dienone is 4. The van der Waals surface area contributed by atoms with Crippen molar-refractivity contribution in [3.63, 3.8) is 0 Å². The number of carboxylic acids is 1. The summed E-state index contributed by atoms with van der Waals surface area (Å²) in [5, 5.41) is 12.9. The third-order valence-electron chi connectivity index (χ3n) is 5.37. The maximum absolute atomic E-state index is 11.2. The Morgan fingerprint density at radius 2 is 1.71 bits per heavy atom. The highest BCUT2D eigenvalue weighted by molar-refractivity contribution is 6.08. The molecule has 0 fully saturated rings. The number of fused-ring (bicyclic) bond motifs is 3. The molecule has 3 nitrogen and oxygen atoms in total. The Balaban J connectivity index is 1.82. The Morgan fingerprint density at radius 1 is 0.893 bits per heavy atom. The summed E-state index contributed by atoms with van der Waals surface area (Å²) in [7, 11) is 0. The van der Waals surface area contributed by atoms with Gasteiger partial charge in [0.2, 0.25) is 0 Å². The predicted molar refractivity (Wildman–Crippen MR) is 114 cm³/mol. The highest BCUT2D eigenvalue weighted by Crippen LogP contribution is 2.35. The van der Waals surface area contributed by atoms with E-state index in [1.807, 2.05) is 12.1 Å². The molecule has 1 heterocycles. The van der Waals surface area contributed by atoms with Crippen molar-refractivity contribution < 1.29 is 9.90 Å². The topological polar surface area (TPSA) is 42.2 Å². The first-order valence-corrected chi connectivity index (χ1v) is 9.46. The molecule has 0 radical (unpaired) electrons. The summed E-state index contributed by atoms with van der Waals surface area (Å²) < 4.78 is 2.23. The van der Waals surface area contributed by atoms with Crippen LogP contribution >= 0.6 is 0 Å². The van der Waals surface area contributed by atoms with Gasteiger partial charge in [0.1, 0.15) is 0 Å². The number of aromatic carboxylic acids is 1. The molecule has 1 aliphatic carbocycles. The number of rotatable bonds is 3. The normalized spacial score (nSPS) is 13.8. The second-order valence-electron chi connectivity index (χ2n) is 7.08. The van der Waals surface area contributed by atoms with Gasteiger partial charge in [0.15, 0.2) is 0 Å².